The number of nitrogens with one attached hydrogen (secondary N) is 1. The number of hydrogen-bond acceptors (Lipinski definition) is 3. The van der Waals surface area contributed by atoms with E-state index in [1.165, 1.54) is 0 Å². The molecule has 5 heteroatoms. The summed E-state index contributed by atoms with van der Waals surface area (Å²) in [5, 5.41) is 16.8. The topological polar surface area (TPSA) is 70.9 Å². The maximum absolute atomic E-state index is 12.3. The van der Waals surface area contributed by atoms with E-state index in [0.717, 1.165) is 34.4 Å². The summed E-state index contributed by atoms with van der Waals surface area (Å²) in [6.45, 7) is 5.97. The number of phenolic OH excluding ortho intramolecular Hbond substituents is 1. The van der Waals surface area contributed by atoms with Crippen LogP contribution in [0.4, 0.5) is 0 Å². The zero-order valence-corrected chi connectivity index (χ0v) is 14.1. The molecule has 0 aliphatic rings. The van der Waals surface area contributed by atoms with Gasteiger partial charge >= 0.3 is 5.69 Å². The van der Waals surface area contributed by atoms with Gasteiger partial charge in [-0.1, -0.05) is 26.0 Å². The molecule has 124 valence electrons. The average Bonchev–Trinajstić information content (AvgIpc) is 2.96. The van der Waals surface area contributed by atoms with Crippen LogP contribution < -0.4 is 5.69 Å². The van der Waals surface area contributed by atoms with Crippen LogP contribution in [-0.4, -0.2) is 19.9 Å². The van der Waals surface area contributed by atoms with Crippen LogP contribution in [-0.2, 0) is 12.8 Å². The molecule has 0 radical (unpaired) electrons. The molecule has 0 saturated carbocycles. The molecule has 0 fully saturated rings. The Hall–Kier alpha value is -2.82. The van der Waals surface area contributed by atoms with Crippen molar-refractivity contribution in [3.63, 3.8) is 0 Å². The predicted octanol–water partition coefficient (Wildman–Crippen LogP) is 3.37. The first-order chi connectivity index (χ1) is 11.5. The van der Waals surface area contributed by atoms with E-state index in [-0.39, 0.29) is 11.4 Å². The van der Waals surface area contributed by atoms with Gasteiger partial charge in [0.1, 0.15) is 5.75 Å². The Morgan fingerprint density at radius 3 is 2.67 bits per heavy atom. The van der Waals surface area contributed by atoms with Crippen LogP contribution in [0, 0.1) is 6.92 Å². The summed E-state index contributed by atoms with van der Waals surface area (Å²) >= 11 is 0. The summed E-state index contributed by atoms with van der Waals surface area (Å²) in [4.78, 5) is 12.3. The van der Waals surface area contributed by atoms with Crippen LogP contribution in [0.2, 0.25) is 0 Å². The van der Waals surface area contributed by atoms with Crippen LogP contribution in [0.15, 0.2) is 41.2 Å². The molecule has 0 amide bonds. The molecule has 0 spiro atoms. The molecule has 0 unspecified atom stereocenters. The van der Waals surface area contributed by atoms with Crippen molar-refractivity contribution in [2.24, 2.45) is 0 Å². The number of benzene rings is 2. The summed E-state index contributed by atoms with van der Waals surface area (Å²) in [5.74, 6) is 0.830. The number of aromatic amines is 1. The van der Waals surface area contributed by atoms with Crippen molar-refractivity contribution in [1.29, 1.82) is 0 Å². The van der Waals surface area contributed by atoms with Crippen LogP contribution >= 0.6 is 0 Å². The number of nitrogens with zero attached hydrogens (tertiary/aromatic N) is 2. The zero-order chi connectivity index (χ0) is 17.3. The minimum atomic E-state index is -0.274. The van der Waals surface area contributed by atoms with Crippen LogP contribution in [0.5, 0.6) is 5.75 Å². The average molecular weight is 323 g/mol. The van der Waals surface area contributed by atoms with Gasteiger partial charge < -0.3 is 5.11 Å². The molecule has 0 aliphatic carbocycles. The van der Waals surface area contributed by atoms with Crippen molar-refractivity contribution in [2.45, 2.75) is 33.6 Å². The second-order valence-electron chi connectivity index (χ2n) is 5.86. The van der Waals surface area contributed by atoms with Crippen molar-refractivity contribution >= 4 is 0 Å². The first-order valence-corrected chi connectivity index (χ1v) is 8.14. The van der Waals surface area contributed by atoms with E-state index in [9.17, 15) is 9.90 Å². The first kappa shape index (κ1) is 16.1. The van der Waals surface area contributed by atoms with E-state index in [2.05, 4.69) is 17.1 Å². The van der Waals surface area contributed by atoms with Gasteiger partial charge in [0.25, 0.3) is 0 Å². The summed E-state index contributed by atoms with van der Waals surface area (Å²) < 4.78 is 1.58. The van der Waals surface area contributed by atoms with Gasteiger partial charge in [-0.05, 0) is 60.7 Å². The highest BCUT2D eigenvalue weighted by Gasteiger charge is 2.16. The summed E-state index contributed by atoms with van der Waals surface area (Å²) in [6, 6.07) is 11.5. The standard InChI is InChI=1S/C19H21N3O2/c1-4-13-7-6-8-15(10-13)22-18(20-21-19(22)24)16-11-14(5-2)17(23)9-12(16)3/h6-11,23H,4-5H2,1-3H3,(H,21,24). The normalized spacial score (nSPS) is 11.0. The third-order valence-corrected chi connectivity index (χ3v) is 4.30. The Bertz CT molecular complexity index is 938. The lowest BCUT2D eigenvalue weighted by Crippen LogP contribution is -2.16. The van der Waals surface area contributed by atoms with Crippen molar-refractivity contribution in [3.05, 3.63) is 63.6 Å². The molecule has 1 aromatic heterocycles. The van der Waals surface area contributed by atoms with Gasteiger partial charge in [-0.25, -0.2) is 14.5 Å². The fraction of sp³-hybridized carbons (Fsp3) is 0.263. The molecule has 1 heterocycles. The molecule has 24 heavy (non-hydrogen) atoms. The molecule has 0 atom stereocenters. The van der Waals surface area contributed by atoms with E-state index in [1.54, 1.807) is 10.6 Å². The quantitative estimate of drug-likeness (QED) is 0.773. The summed E-state index contributed by atoms with van der Waals surface area (Å²) in [7, 11) is 0. The van der Waals surface area contributed by atoms with Crippen LogP contribution in [0.25, 0.3) is 17.1 Å². The lowest BCUT2D eigenvalue weighted by molar-refractivity contribution is 0.468. The maximum Gasteiger partial charge on any atom is 0.348 e. The third kappa shape index (κ3) is 2.73. The van der Waals surface area contributed by atoms with Crippen LogP contribution in [0.1, 0.15) is 30.5 Å². The van der Waals surface area contributed by atoms with Gasteiger partial charge in [0, 0.05) is 5.56 Å². The molecule has 5 nitrogen and oxygen atoms in total. The van der Waals surface area contributed by atoms with E-state index in [0.29, 0.717) is 12.2 Å². The highest BCUT2D eigenvalue weighted by atomic mass is 16.3. The van der Waals surface area contributed by atoms with Crippen molar-refractivity contribution in [3.8, 4) is 22.8 Å². The molecule has 0 aliphatic heterocycles. The highest BCUT2D eigenvalue weighted by Crippen LogP contribution is 2.29. The minimum absolute atomic E-state index is 0.274. The SMILES string of the molecule is CCc1cccc(-n2c(-c3cc(CC)c(O)cc3C)n[nH]c2=O)c1. The predicted molar refractivity (Wildman–Crippen MR) is 94.8 cm³/mol. The fourth-order valence-corrected chi connectivity index (χ4v) is 2.89. The zero-order valence-electron chi connectivity index (χ0n) is 14.1. The van der Waals surface area contributed by atoms with Gasteiger partial charge in [-0.15, -0.1) is 0 Å². The summed E-state index contributed by atoms with van der Waals surface area (Å²) in [5.41, 5.74) is 4.21. The smallest absolute Gasteiger partial charge is 0.348 e. The lowest BCUT2D eigenvalue weighted by atomic mass is 10.0. The number of aromatic nitrogens is 3. The van der Waals surface area contributed by atoms with Gasteiger partial charge in [-0.3, -0.25) is 0 Å². The second kappa shape index (κ2) is 6.35. The number of hydrogen-bond donors (Lipinski definition) is 2. The molecular weight excluding hydrogens is 302 g/mol. The molecular formula is C19H21N3O2. The van der Waals surface area contributed by atoms with E-state index < -0.39 is 0 Å². The largest absolute Gasteiger partial charge is 0.508 e. The molecule has 3 aromatic rings. The Morgan fingerprint density at radius 1 is 1.17 bits per heavy atom. The number of aryl methyl sites for hydroxylation is 3. The van der Waals surface area contributed by atoms with Crippen molar-refractivity contribution < 1.29 is 5.11 Å². The van der Waals surface area contributed by atoms with Gasteiger partial charge in [0.2, 0.25) is 0 Å². The molecule has 2 N–H and O–H groups in total. The molecule has 0 saturated heterocycles. The van der Waals surface area contributed by atoms with Gasteiger partial charge in [0.15, 0.2) is 5.82 Å². The number of aromatic hydroxyl groups is 1. The third-order valence-electron chi connectivity index (χ3n) is 4.30. The van der Waals surface area contributed by atoms with E-state index >= 15 is 0 Å². The van der Waals surface area contributed by atoms with Crippen molar-refractivity contribution in [1.82, 2.24) is 14.8 Å². The fourth-order valence-electron chi connectivity index (χ4n) is 2.89. The maximum atomic E-state index is 12.3. The molecule has 2 aromatic carbocycles. The van der Waals surface area contributed by atoms with E-state index in [1.807, 2.05) is 44.2 Å². The number of phenols is 1. The summed E-state index contributed by atoms with van der Waals surface area (Å²) in [6.07, 6.45) is 1.60. The Labute approximate surface area is 140 Å². The van der Waals surface area contributed by atoms with E-state index in [4.69, 9.17) is 0 Å². The first-order valence-electron chi connectivity index (χ1n) is 8.14. The highest BCUT2D eigenvalue weighted by molar-refractivity contribution is 5.65. The van der Waals surface area contributed by atoms with Gasteiger partial charge in [-0.2, -0.15) is 5.10 Å². The Morgan fingerprint density at radius 2 is 1.96 bits per heavy atom. The molecule has 3 rings (SSSR count). The van der Waals surface area contributed by atoms with Crippen molar-refractivity contribution in [2.75, 3.05) is 0 Å². The van der Waals surface area contributed by atoms with Gasteiger partial charge in [0.05, 0.1) is 5.69 Å². The monoisotopic (exact) mass is 323 g/mol. The van der Waals surface area contributed by atoms with Crippen LogP contribution in [0.3, 0.4) is 0 Å². The minimum Gasteiger partial charge on any atom is -0.508 e. The number of rotatable bonds is 4. The molecule has 0 bridgehead atoms. The number of H-pyrrole nitrogens is 1. The second-order valence-corrected chi connectivity index (χ2v) is 5.86. The Kier molecular flexibility index (Phi) is 4.25. The lowest BCUT2D eigenvalue weighted by Gasteiger charge is -2.12. The Balaban J connectivity index is 2.23.